The summed E-state index contributed by atoms with van der Waals surface area (Å²) in [5.41, 5.74) is -0.732. The van der Waals surface area contributed by atoms with Gasteiger partial charge in [0.25, 0.3) is 0 Å². The second-order valence-electron chi connectivity index (χ2n) is 3.93. The fraction of sp³-hybridized carbons (Fsp3) is 0.417. The van der Waals surface area contributed by atoms with Crippen LogP contribution in [-0.4, -0.2) is 28.9 Å². The number of carboxylic acids is 1. The summed E-state index contributed by atoms with van der Waals surface area (Å²) in [6.45, 7) is 1.30. The Bertz CT molecular complexity index is 371. The van der Waals surface area contributed by atoms with E-state index in [1.54, 1.807) is 7.11 Å². The SMILES string of the molecule is COc1cccc(CCC(C)(O)C(=O)O)c1. The van der Waals surface area contributed by atoms with Gasteiger partial charge in [-0.25, -0.2) is 4.79 Å². The third-order valence-electron chi connectivity index (χ3n) is 2.50. The highest BCUT2D eigenvalue weighted by atomic mass is 16.5. The van der Waals surface area contributed by atoms with Gasteiger partial charge in [0.15, 0.2) is 5.60 Å². The summed E-state index contributed by atoms with van der Waals surface area (Å²) in [4.78, 5) is 10.7. The van der Waals surface area contributed by atoms with Gasteiger partial charge in [-0.2, -0.15) is 0 Å². The molecule has 0 aromatic heterocycles. The van der Waals surface area contributed by atoms with Crippen LogP contribution in [0.3, 0.4) is 0 Å². The minimum Gasteiger partial charge on any atom is -0.497 e. The van der Waals surface area contributed by atoms with Gasteiger partial charge in [0.05, 0.1) is 7.11 Å². The molecule has 0 amide bonds. The molecule has 1 aromatic rings. The zero-order valence-corrected chi connectivity index (χ0v) is 9.43. The summed E-state index contributed by atoms with van der Waals surface area (Å²) in [6.07, 6.45) is 0.673. The van der Waals surface area contributed by atoms with Gasteiger partial charge in [0.1, 0.15) is 5.75 Å². The highest BCUT2D eigenvalue weighted by Crippen LogP contribution is 2.18. The normalized spacial score (nSPS) is 14.2. The molecule has 4 heteroatoms. The molecule has 4 nitrogen and oxygen atoms in total. The van der Waals surface area contributed by atoms with E-state index in [-0.39, 0.29) is 6.42 Å². The predicted octanol–water partition coefficient (Wildman–Crippen LogP) is 1.46. The lowest BCUT2D eigenvalue weighted by Crippen LogP contribution is -2.35. The number of aliphatic hydroxyl groups is 1. The molecular formula is C12H16O4. The van der Waals surface area contributed by atoms with Gasteiger partial charge in [-0.1, -0.05) is 12.1 Å². The highest BCUT2D eigenvalue weighted by Gasteiger charge is 2.29. The van der Waals surface area contributed by atoms with E-state index in [4.69, 9.17) is 9.84 Å². The number of carbonyl (C=O) groups is 1. The number of hydrogen-bond acceptors (Lipinski definition) is 3. The molecule has 0 fully saturated rings. The molecule has 0 aliphatic rings. The zero-order chi connectivity index (χ0) is 12.2. The number of carboxylic acid groups (broad SMARTS) is 1. The van der Waals surface area contributed by atoms with Crippen LogP contribution in [0.15, 0.2) is 24.3 Å². The van der Waals surface area contributed by atoms with E-state index >= 15 is 0 Å². The lowest BCUT2D eigenvalue weighted by atomic mass is 9.97. The smallest absolute Gasteiger partial charge is 0.335 e. The van der Waals surface area contributed by atoms with Crippen molar-refractivity contribution in [3.8, 4) is 5.75 Å². The minimum atomic E-state index is -1.68. The van der Waals surface area contributed by atoms with Crippen molar-refractivity contribution in [3.05, 3.63) is 29.8 Å². The van der Waals surface area contributed by atoms with Crippen molar-refractivity contribution in [2.75, 3.05) is 7.11 Å². The van der Waals surface area contributed by atoms with Crippen LogP contribution in [0.25, 0.3) is 0 Å². The molecule has 16 heavy (non-hydrogen) atoms. The Morgan fingerprint density at radius 2 is 2.19 bits per heavy atom. The van der Waals surface area contributed by atoms with Crippen LogP contribution in [0, 0.1) is 0 Å². The minimum absolute atomic E-state index is 0.176. The number of methoxy groups -OCH3 is 1. The van der Waals surface area contributed by atoms with E-state index in [0.717, 1.165) is 11.3 Å². The molecule has 0 heterocycles. The van der Waals surface area contributed by atoms with E-state index in [2.05, 4.69) is 0 Å². The Morgan fingerprint density at radius 3 is 2.75 bits per heavy atom. The third kappa shape index (κ3) is 3.24. The topological polar surface area (TPSA) is 66.8 Å². The number of rotatable bonds is 5. The van der Waals surface area contributed by atoms with E-state index in [0.29, 0.717) is 6.42 Å². The van der Waals surface area contributed by atoms with Gasteiger partial charge in [-0.05, 0) is 37.5 Å². The first-order valence-corrected chi connectivity index (χ1v) is 5.04. The van der Waals surface area contributed by atoms with Crippen LogP contribution in [0.1, 0.15) is 18.9 Å². The molecule has 0 aliphatic carbocycles. The fourth-order valence-electron chi connectivity index (χ4n) is 1.32. The number of aliphatic carboxylic acids is 1. The van der Waals surface area contributed by atoms with Crippen LogP contribution in [0.2, 0.25) is 0 Å². The lowest BCUT2D eigenvalue weighted by Gasteiger charge is -2.17. The molecular weight excluding hydrogens is 208 g/mol. The summed E-state index contributed by atoms with van der Waals surface area (Å²) in [5.74, 6) is -0.470. The van der Waals surface area contributed by atoms with Crippen molar-refractivity contribution in [3.63, 3.8) is 0 Å². The van der Waals surface area contributed by atoms with E-state index in [1.807, 2.05) is 24.3 Å². The summed E-state index contributed by atoms with van der Waals surface area (Å²) >= 11 is 0. The molecule has 2 N–H and O–H groups in total. The van der Waals surface area contributed by atoms with Crippen LogP contribution >= 0.6 is 0 Å². The largest absolute Gasteiger partial charge is 0.497 e. The summed E-state index contributed by atoms with van der Waals surface area (Å²) in [7, 11) is 1.58. The van der Waals surface area contributed by atoms with Crippen LogP contribution in [-0.2, 0) is 11.2 Å². The first-order chi connectivity index (χ1) is 7.45. The number of benzene rings is 1. The summed E-state index contributed by atoms with van der Waals surface area (Å²) in [5, 5.41) is 18.3. The van der Waals surface area contributed by atoms with Gasteiger partial charge in [0, 0.05) is 0 Å². The molecule has 0 saturated carbocycles. The standard InChI is InChI=1S/C12H16O4/c1-12(15,11(13)14)7-6-9-4-3-5-10(8-9)16-2/h3-5,8,15H,6-7H2,1-2H3,(H,13,14). The van der Waals surface area contributed by atoms with E-state index < -0.39 is 11.6 Å². The highest BCUT2D eigenvalue weighted by molar-refractivity contribution is 5.76. The van der Waals surface area contributed by atoms with Gasteiger partial charge in [-0.3, -0.25) is 0 Å². The average molecular weight is 224 g/mol. The maximum Gasteiger partial charge on any atom is 0.335 e. The van der Waals surface area contributed by atoms with E-state index in [9.17, 15) is 9.90 Å². The first-order valence-electron chi connectivity index (χ1n) is 5.04. The van der Waals surface area contributed by atoms with Gasteiger partial charge in [0.2, 0.25) is 0 Å². The Kier molecular flexibility index (Phi) is 3.90. The zero-order valence-electron chi connectivity index (χ0n) is 9.43. The van der Waals surface area contributed by atoms with Crippen LogP contribution < -0.4 is 4.74 Å². The Morgan fingerprint density at radius 1 is 1.50 bits per heavy atom. The van der Waals surface area contributed by atoms with Crippen molar-refractivity contribution >= 4 is 5.97 Å². The Balaban J connectivity index is 2.64. The molecule has 1 rings (SSSR count). The Labute approximate surface area is 94.5 Å². The predicted molar refractivity (Wildman–Crippen MR) is 59.6 cm³/mol. The van der Waals surface area contributed by atoms with Crippen LogP contribution in [0.4, 0.5) is 0 Å². The molecule has 0 bridgehead atoms. The van der Waals surface area contributed by atoms with Crippen LogP contribution in [0.5, 0.6) is 5.75 Å². The second-order valence-corrected chi connectivity index (χ2v) is 3.93. The third-order valence-corrected chi connectivity index (χ3v) is 2.50. The van der Waals surface area contributed by atoms with Crippen molar-refractivity contribution < 1.29 is 19.7 Å². The molecule has 1 aromatic carbocycles. The first kappa shape index (κ1) is 12.5. The molecule has 0 saturated heterocycles. The van der Waals surface area contributed by atoms with Gasteiger partial charge in [-0.15, -0.1) is 0 Å². The molecule has 88 valence electrons. The van der Waals surface area contributed by atoms with Gasteiger partial charge >= 0.3 is 5.97 Å². The lowest BCUT2D eigenvalue weighted by molar-refractivity contribution is -0.157. The molecule has 0 aliphatic heterocycles. The van der Waals surface area contributed by atoms with Crippen molar-refractivity contribution in [1.29, 1.82) is 0 Å². The second kappa shape index (κ2) is 4.99. The Hall–Kier alpha value is -1.55. The van der Waals surface area contributed by atoms with Gasteiger partial charge < -0.3 is 14.9 Å². The molecule has 0 radical (unpaired) electrons. The number of aryl methyl sites for hydroxylation is 1. The van der Waals surface area contributed by atoms with Crippen molar-refractivity contribution in [2.24, 2.45) is 0 Å². The van der Waals surface area contributed by atoms with Crippen molar-refractivity contribution in [1.82, 2.24) is 0 Å². The fourth-order valence-corrected chi connectivity index (χ4v) is 1.32. The maximum atomic E-state index is 10.7. The quantitative estimate of drug-likeness (QED) is 0.794. The summed E-state index contributed by atoms with van der Waals surface area (Å²) in [6, 6.07) is 7.36. The van der Waals surface area contributed by atoms with E-state index in [1.165, 1.54) is 6.92 Å². The monoisotopic (exact) mass is 224 g/mol. The molecule has 1 unspecified atom stereocenters. The summed E-state index contributed by atoms with van der Waals surface area (Å²) < 4.78 is 5.06. The van der Waals surface area contributed by atoms with Crippen molar-refractivity contribution in [2.45, 2.75) is 25.4 Å². The molecule has 0 spiro atoms. The number of ether oxygens (including phenoxy) is 1. The number of hydrogen-bond donors (Lipinski definition) is 2. The average Bonchev–Trinajstić information content (AvgIpc) is 2.26. The molecule has 1 atom stereocenters. The maximum absolute atomic E-state index is 10.7.